The predicted octanol–water partition coefficient (Wildman–Crippen LogP) is 2.24. The summed E-state index contributed by atoms with van der Waals surface area (Å²) in [7, 11) is 0. The molecule has 94 valence electrons. The highest BCUT2D eigenvalue weighted by atomic mass is 32.2. The van der Waals surface area contributed by atoms with Gasteiger partial charge in [-0.25, -0.2) is 0 Å². The zero-order chi connectivity index (χ0) is 11.8. The van der Waals surface area contributed by atoms with Crippen molar-refractivity contribution < 1.29 is 0 Å². The normalized spacial score (nSPS) is 19.8. The summed E-state index contributed by atoms with van der Waals surface area (Å²) < 4.78 is 0. The van der Waals surface area contributed by atoms with E-state index in [0.29, 0.717) is 11.3 Å². The van der Waals surface area contributed by atoms with Crippen molar-refractivity contribution >= 4 is 17.7 Å². The lowest BCUT2D eigenvalue weighted by Gasteiger charge is -2.17. The lowest BCUT2D eigenvalue weighted by molar-refractivity contribution is 0.614. The maximum atomic E-state index is 4.62. The summed E-state index contributed by atoms with van der Waals surface area (Å²) in [5, 5.41) is 7.44. The number of rotatable bonds is 5. The van der Waals surface area contributed by atoms with Gasteiger partial charge >= 0.3 is 0 Å². The molecule has 0 saturated heterocycles. The molecule has 0 aromatic carbocycles. The Labute approximate surface area is 104 Å². The van der Waals surface area contributed by atoms with Crippen LogP contribution in [0.15, 0.2) is 4.99 Å². The van der Waals surface area contributed by atoms with Crippen LogP contribution < -0.4 is 10.6 Å². The summed E-state index contributed by atoms with van der Waals surface area (Å²) in [6.45, 7) is 6.16. The molecule has 1 atom stereocenters. The van der Waals surface area contributed by atoms with Crippen molar-refractivity contribution in [2.24, 2.45) is 4.99 Å². The van der Waals surface area contributed by atoms with Crippen molar-refractivity contribution in [3.05, 3.63) is 0 Å². The third-order valence-corrected chi connectivity index (χ3v) is 3.90. The zero-order valence-corrected chi connectivity index (χ0v) is 11.6. The summed E-state index contributed by atoms with van der Waals surface area (Å²) in [5.41, 5.74) is 0. The molecule has 0 heterocycles. The van der Waals surface area contributed by atoms with Crippen molar-refractivity contribution in [1.82, 2.24) is 10.6 Å². The number of guanidine groups is 1. The van der Waals surface area contributed by atoms with E-state index in [4.69, 9.17) is 0 Å². The Morgan fingerprint density at radius 2 is 2.12 bits per heavy atom. The summed E-state index contributed by atoms with van der Waals surface area (Å²) in [6, 6.07) is 0.641. The van der Waals surface area contributed by atoms with E-state index in [1.807, 2.05) is 11.8 Å². The molecule has 3 nitrogen and oxygen atoms in total. The Morgan fingerprint density at radius 3 is 2.69 bits per heavy atom. The monoisotopic (exact) mass is 243 g/mol. The van der Waals surface area contributed by atoms with Gasteiger partial charge in [0.25, 0.3) is 0 Å². The topological polar surface area (TPSA) is 36.4 Å². The Kier molecular flexibility index (Phi) is 6.69. The molecule has 1 rings (SSSR count). The van der Waals surface area contributed by atoms with Gasteiger partial charge in [-0.05, 0) is 26.0 Å². The van der Waals surface area contributed by atoms with Crippen molar-refractivity contribution in [3.63, 3.8) is 0 Å². The molecule has 1 unspecified atom stereocenters. The first-order valence-electron chi connectivity index (χ1n) is 6.34. The molecular weight excluding hydrogens is 218 g/mol. The van der Waals surface area contributed by atoms with E-state index in [1.165, 1.54) is 25.7 Å². The number of hydrogen-bond donors (Lipinski definition) is 2. The first-order chi connectivity index (χ1) is 7.76. The largest absolute Gasteiger partial charge is 0.357 e. The van der Waals surface area contributed by atoms with E-state index >= 15 is 0 Å². The third kappa shape index (κ3) is 5.10. The first kappa shape index (κ1) is 13.7. The maximum Gasteiger partial charge on any atom is 0.191 e. The average molecular weight is 243 g/mol. The van der Waals surface area contributed by atoms with E-state index in [2.05, 4.69) is 35.7 Å². The van der Waals surface area contributed by atoms with Gasteiger partial charge in [0.1, 0.15) is 0 Å². The number of thioether (sulfide) groups is 1. The van der Waals surface area contributed by atoms with Crippen LogP contribution in [0.2, 0.25) is 0 Å². The fraction of sp³-hybridized carbons (Fsp3) is 0.917. The minimum Gasteiger partial charge on any atom is -0.357 e. The van der Waals surface area contributed by atoms with Crippen LogP contribution in [0, 0.1) is 0 Å². The van der Waals surface area contributed by atoms with Gasteiger partial charge in [-0.3, -0.25) is 4.99 Å². The first-order valence-corrected chi connectivity index (χ1v) is 7.62. The van der Waals surface area contributed by atoms with E-state index in [-0.39, 0.29) is 0 Å². The molecule has 0 amide bonds. The van der Waals surface area contributed by atoms with Crippen LogP contribution in [-0.2, 0) is 0 Å². The summed E-state index contributed by atoms with van der Waals surface area (Å²) in [6.07, 6.45) is 7.44. The number of nitrogens with one attached hydrogen (secondary N) is 2. The summed E-state index contributed by atoms with van der Waals surface area (Å²) in [5.74, 6) is 0.996. The molecule has 1 saturated carbocycles. The molecule has 4 heteroatoms. The van der Waals surface area contributed by atoms with Crippen LogP contribution in [0.5, 0.6) is 0 Å². The quantitative estimate of drug-likeness (QED) is 0.574. The second-order valence-electron chi connectivity index (χ2n) is 4.39. The van der Waals surface area contributed by atoms with Gasteiger partial charge in [0.2, 0.25) is 0 Å². The second-order valence-corrected chi connectivity index (χ2v) is 5.67. The predicted molar refractivity (Wildman–Crippen MR) is 74.3 cm³/mol. The van der Waals surface area contributed by atoms with Gasteiger partial charge in [-0.1, -0.05) is 19.8 Å². The molecule has 1 fully saturated rings. The van der Waals surface area contributed by atoms with Crippen LogP contribution >= 0.6 is 11.8 Å². The van der Waals surface area contributed by atoms with Gasteiger partial charge in [0.05, 0.1) is 6.54 Å². The standard InChI is InChI=1S/C12H25N3S/c1-4-13-12(14-9-10(2)16-3)15-11-7-5-6-8-11/h10-11H,4-9H2,1-3H3,(H2,13,14,15). The highest BCUT2D eigenvalue weighted by Gasteiger charge is 2.15. The Balaban J connectivity index is 2.38. The smallest absolute Gasteiger partial charge is 0.191 e. The van der Waals surface area contributed by atoms with Gasteiger partial charge in [-0.2, -0.15) is 11.8 Å². The molecule has 0 spiro atoms. The molecule has 1 aliphatic rings. The van der Waals surface area contributed by atoms with Crippen molar-refractivity contribution in [3.8, 4) is 0 Å². The van der Waals surface area contributed by atoms with Crippen molar-refractivity contribution in [1.29, 1.82) is 0 Å². The minimum atomic E-state index is 0.596. The third-order valence-electron chi connectivity index (χ3n) is 2.95. The number of hydrogen-bond acceptors (Lipinski definition) is 2. The van der Waals surface area contributed by atoms with Crippen molar-refractivity contribution in [2.75, 3.05) is 19.3 Å². The Hall–Kier alpha value is -0.380. The maximum absolute atomic E-state index is 4.62. The minimum absolute atomic E-state index is 0.596. The fourth-order valence-electron chi connectivity index (χ4n) is 1.88. The lowest BCUT2D eigenvalue weighted by atomic mass is 10.2. The Bertz CT molecular complexity index is 212. The van der Waals surface area contributed by atoms with Gasteiger partial charge < -0.3 is 10.6 Å². The van der Waals surface area contributed by atoms with Crippen LogP contribution in [0.3, 0.4) is 0 Å². The van der Waals surface area contributed by atoms with Crippen LogP contribution in [0.4, 0.5) is 0 Å². The molecule has 1 aliphatic carbocycles. The average Bonchev–Trinajstić information content (AvgIpc) is 2.78. The fourth-order valence-corrected chi connectivity index (χ4v) is 2.10. The van der Waals surface area contributed by atoms with Gasteiger partial charge in [0, 0.05) is 17.8 Å². The molecular formula is C12H25N3S. The van der Waals surface area contributed by atoms with Crippen LogP contribution in [0.1, 0.15) is 39.5 Å². The number of aliphatic imine (C=N–C) groups is 1. The molecule has 16 heavy (non-hydrogen) atoms. The van der Waals surface area contributed by atoms with E-state index in [1.54, 1.807) is 0 Å². The van der Waals surface area contributed by atoms with E-state index < -0.39 is 0 Å². The SMILES string of the molecule is CCNC(=NCC(C)SC)NC1CCCC1. The molecule has 0 aromatic heterocycles. The van der Waals surface area contributed by atoms with Crippen LogP contribution in [-0.4, -0.2) is 36.6 Å². The molecule has 2 N–H and O–H groups in total. The summed E-state index contributed by atoms with van der Waals surface area (Å²) >= 11 is 1.86. The highest BCUT2D eigenvalue weighted by molar-refractivity contribution is 7.99. The molecule has 0 aromatic rings. The zero-order valence-electron chi connectivity index (χ0n) is 10.8. The van der Waals surface area contributed by atoms with E-state index in [9.17, 15) is 0 Å². The molecule has 0 radical (unpaired) electrons. The number of nitrogens with zero attached hydrogens (tertiary/aromatic N) is 1. The Morgan fingerprint density at radius 1 is 1.44 bits per heavy atom. The van der Waals surface area contributed by atoms with Gasteiger partial charge in [0.15, 0.2) is 5.96 Å². The van der Waals surface area contributed by atoms with E-state index in [0.717, 1.165) is 19.0 Å². The highest BCUT2D eigenvalue weighted by Crippen LogP contribution is 2.17. The van der Waals surface area contributed by atoms with Crippen molar-refractivity contribution in [2.45, 2.75) is 50.8 Å². The molecule has 0 bridgehead atoms. The van der Waals surface area contributed by atoms with Gasteiger partial charge in [-0.15, -0.1) is 0 Å². The van der Waals surface area contributed by atoms with Crippen LogP contribution in [0.25, 0.3) is 0 Å². The summed E-state index contributed by atoms with van der Waals surface area (Å²) in [4.78, 5) is 4.62. The lowest BCUT2D eigenvalue weighted by Crippen LogP contribution is -2.42. The second kappa shape index (κ2) is 7.82. The molecule has 0 aliphatic heterocycles.